The van der Waals surface area contributed by atoms with Gasteiger partial charge in [0.15, 0.2) is 0 Å². The van der Waals surface area contributed by atoms with Crippen molar-refractivity contribution in [2.24, 2.45) is 0 Å². The maximum absolute atomic E-state index is 13.1. The van der Waals surface area contributed by atoms with Crippen molar-refractivity contribution >= 4 is 39.8 Å². The van der Waals surface area contributed by atoms with E-state index in [9.17, 15) is 10.1 Å². The number of aliphatic hydroxyl groups is 1. The van der Waals surface area contributed by atoms with Crippen LogP contribution in [0.5, 0.6) is 6.01 Å². The first kappa shape index (κ1) is 32.3. The van der Waals surface area contributed by atoms with Crippen LogP contribution in [0, 0.1) is 11.3 Å². The van der Waals surface area contributed by atoms with Crippen molar-refractivity contribution in [3.63, 3.8) is 0 Å². The molecule has 3 aliphatic rings. The molecule has 2 atom stereocenters. The summed E-state index contributed by atoms with van der Waals surface area (Å²) in [7, 11) is 2.13. The number of likely N-dealkylation sites (N-methyl/N-ethyl adjacent to an activating group) is 1. The van der Waals surface area contributed by atoms with E-state index in [1.807, 2.05) is 17.0 Å². The van der Waals surface area contributed by atoms with Crippen LogP contribution in [0.2, 0.25) is 5.02 Å². The maximum atomic E-state index is 13.1. The number of hydrogen-bond donors (Lipinski definition) is 2. The quantitative estimate of drug-likeness (QED) is 0.301. The molecule has 2 N–H and O–H groups in total. The van der Waals surface area contributed by atoms with Gasteiger partial charge >= 0.3 is 6.01 Å². The Morgan fingerprint density at radius 2 is 1.96 bits per heavy atom. The molecule has 2 fully saturated rings. The molecule has 3 aromatic rings. The van der Waals surface area contributed by atoms with Crippen molar-refractivity contribution in [1.82, 2.24) is 25.1 Å². The summed E-state index contributed by atoms with van der Waals surface area (Å²) in [6, 6.07) is 15.0. The first-order valence-corrected chi connectivity index (χ1v) is 16.7. The molecule has 11 nitrogen and oxygen atoms in total. The van der Waals surface area contributed by atoms with Crippen LogP contribution in [0.15, 0.2) is 36.4 Å². The van der Waals surface area contributed by atoms with Gasteiger partial charge in [-0.05, 0) is 50.4 Å². The van der Waals surface area contributed by atoms with Crippen LogP contribution in [-0.4, -0.2) is 109 Å². The maximum Gasteiger partial charge on any atom is 0.318 e. The normalized spacial score (nSPS) is 20.2. The number of carbonyl (C=O) groups excluding carboxylic acids is 1. The molecule has 46 heavy (non-hydrogen) atoms. The van der Waals surface area contributed by atoms with Crippen LogP contribution in [0.1, 0.15) is 36.9 Å². The van der Waals surface area contributed by atoms with Crippen LogP contribution in [0.3, 0.4) is 0 Å². The van der Waals surface area contributed by atoms with Gasteiger partial charge < -0.3 is 34.8 Å². The average molecular weight is 647 g/mol. The monoisotopic (exact) mass is 646 g/mol. The summed E-state index contributed by atoms with van der Waals surface area (Å²) < 4.78 is 6.31. The number of benzene rings is 2. The number of nitrogens with one attached hydrogen (secondary N) is 1. The van der Waals surface area contributed by atoms with E-state index in [1.165, 1.54) is 0 Å². The number of aromatic nitrogens is 2. The molecule has 2 aromatic carbocycles. The second kappa shape index (κ2) is 14.8. The highest BCUT2D eigenvalue weighted by Gasteiger charge is 2.34. The molecular weight excluding hydrogens is 604 g/mol. The number of halogens is 1. The average Bonchev–Trinajstić information content (AvgIpc) is 3.49. The zero-order valence-corrected chi connectivity index (χ0v) is 27.3. The topological polar surface area (TPSA) is 121 Å². The van der Waals surface area contributed by atoms with E-state index in [0.29, 0.717) is 64.3 Å². The standard InChI is InChI=1S/C34H43ClN8O3/c1-40-16-4-7-26(40)23-46-34-38-29-22-41(30-9-3-6-24-5-2-8-28(35)32(24)30)17-12-27(29)33(39-34)42-18-19-43(25(21-42)10-13-36)31(45)11-14-37-15-20-44/h2-3,5-6,8-9,25-26,37,44H,4,7,10-12,14-23H2,1H3/t25-,26-/m0/s1. The molecular formula is C34H43ClN8O3. The van der Waals surface area contributed by atoms with Gasteiger partial charge in [-0.3, -0.25) is 4.79 Å². The van der Waals surface area contributed by atoms with Gasteiger partial charge in [0.05, 0.1) is 42.4 Å². The summed E-state index contributed by atoms with van der Waals surface area (Å²) in [5.74, 6) is 0.860. The highest BCUT2D eigenvalue weighted by Crippen LogP contribution is 2.37. The minimum Gasteiger partial charge on any atom is -0.462 e. The number of ether oxygens (including phenoxy) is 1. The van der Waals surface area contributed by atoms with Gasteiger partial charge in [-0.1, -0.05) is 35.9 Å². The van der Waals surface area contributed by atoms with Crippen molar-refractivity contribution in [3.05, 3.63) is 52.7 Å². The number of carbonyl (C=O) groups is 1. The van der Waals surface area contributed by atoms with Crippen molar-refractivity contribution in [3.8, 4) is 12.1 Å². The number of nitriles is 1. The number of piperazine rings is 1. The minimum absolute atomic E-state index is 0.0177. The number of fused-ring (bicyclic) bond motifs is 2. The molecule has 0 aliphatic carbocycles. The van der Waals surface area contributed by atoms with Gasteiger partial charge in [0.1, 0.15) is 12.4 Å². The van der Waals surface area contributed by atoms with Crippen molar-refractivity contribution in [2.45, 2.75) is 50.7 Å². The molecule has 6 rings (SSSR count). The van der Waals surface area contributed by atoms with Crippen molar-refractivity contribution in [1.29, 1.82) is 5.26 Å². The Morgan fingerprint density at radius 1 is 1.11 bits per heavy atom. The third-order valence-electron chi connectivity index (χ3n) is 9.51. The molecule has 2 saturated heterocycles. The van der Waals surface area contributed by atoms with Crippen LogP contribution < -0.4 is 19.9 Å². The number of amides is 1. The minimum atomic E-state index is -0.246. The second-order valence-corrected chi connectivity index (χ2v) is 12.8. The summed E-state index contributed by atoms with van der Waals surface area (Å²) in [6.07, 6.45) is 3.56. The number of aliphatic hydroxyl groups excluding tert-OH is 1. The lowest BCUT2D eigenvalue weighted by Crippen LogP contribution is -2.56. The molecule has 0 spiro atoms. The smallest absolute Gasteiger partial charge is 0.318 e. The van der Waals surface area contributed by atoms with Gasteiger partial charge in [-0.15, -0.1) is 0 Å². The Hall–Kier alpha value is -3.69. The molecule has 3 aliphatic heterocycles. The zero-order valence-electron chi connectivity index (χ0n) is 26.5. The molecule has 0 saturated carbocycles. The third-order valence-corrected chi connectivity index (χ3v) is 9.82. The van der Waals surface area contributed by atoms with Crippen LogP contribution >= 0.6 is 11.6 Å². The van der Waals surface area contributed by atoms with E-state index < -0.39 is 0 Å². The van der Waals surface area contributed by atoms with Gasteiger partial charge in [0.2, 0.25) is 5.91 Å². The van der Waals surface area contributed by atoms with Crippen molar-refractivity contribution in [2.75, 3.05) is 75.9 Å². The van der Waals surface area contributed by atoms with Gasteiger partial charge in [0.25, 0.3) is 0 Å². The molecule has 1 aromatic heterocycles. The lowest BCUT2D eigenvalue weighted by molar-refractivity contribution is -0.133. The Balaban J connectivity index is 1.28. The second-order valence-electron chi connectivity index (χ2n) is 12.4. The summed E-state index contributed by atoms with van der Waals surface area (Å²) >= 11 is 6.72. The van der Waals surface area contributed by atoms with E-state index in [-0.39, 0.29) is 25.0 Å². The number of hydrogen-bond acceptors (Lipinski definition) is 10. The molecule has 1 amide bonds. The molecule has 244 valence electrons. The summed E-state index contributed by atoms with van der Waals surface area (Å²) in [6.45, 7) is 5.57. The predicted molar refractivity (Wildman–Crippen MR) is 179 cm³/mol. The summed E-state index contributed by atoms with van der Waals surface area (Å²) in [4.78, 5) is 31.8. The van der Waals surface area contributed by atoms with Gasteiger partial charge in [-0.2, -0.15) is 15.2 Å². The lowest BCUT2D eigenvalue weighted by atomic mass is 10.0. The number of rotatable bonds is 11. The Morgan fingerprint density at radius 3 is 2.74 bits per heavy atom. The van der Waals surface area contributed by atoms with Gasteiger partial charge in [0, 0.05) is 68.4 Å². The fourth-order valence-corrected chi connectivity index (χ4v) is 7.30. The zero-order chi connectivity index (χ0) is 32.0. The first-order chi connectivity index (χ1) is 22.5. The van der Waals surface area contributed by atoms with Crippen LogP contribution in [-0.2, 0) is 17.8 Å². The Labute approximate surface area is 275 Å². The first-order valence-electron chi connectivity index (χ1n) is 16.3. The molecule has 12 heteroatoms. The summed E-state index contributed by atoms with van der Waals surface area (Å²) in [5, 5.41) is 24.6. The SMILES string of the molecule is CN1CCC[C@H]1COc1nc2c(c(N3CCN(C(=O)CCNCCO)[C@@H](CC#N)C3)n1)CCN(c1cccc3cccc(Cl)c13)C2. The fraction of sp³-hybridized carbons (Fsp3) is 0.529. The molecule has 0 unspecified atom stereocenters. The Bertz CT molecular complexity index is 1580. The third kappa shape index (κ3) is 7.00. The highest BCUT2D eigenvalue weighted by molar-refractivity contribution is 6.36. The number of anilines is 2. The van der Waals surface area contributed by atoms with E-state index in [1.54, 1.807) is 0 Å². The Kier molecular flexibility index (Phi) is 10.4. The van der Waals surface area contributed by atoms with Crippen molar-refractivity contribution < 1.29 is 14.6 Å². The van der Waals surface area contributed by atoms with E-state index in [2.05, 4.69) is 57.4 Å². The lowest BCUT2D eigenvalue weighted by Gasteiger charge is -2.42. The van der Waals surface area contributed by atoms with Crippen LogP contribution in [0.25, 0.3) is 10.8 Å². The van der Waals surface area contributed by atoms with Crippen LogP contribution in [0.4, 0.5) is 11.5 Å². The molecule has 0 radical (unpaired) electrons. The molecule has 0 bridgehead atoms. The van der Waals surface area contributed by atoms with E-state index >= 15 is 0 Å². The highest BCUT2D eigenvalue weighted by atomic mass is 35.5. The largest absolute Gasteiger partial charge is 0.462 e. The van der Waals surface area contributed by atoms with E-state index in [4.69, 9.17) is 31.4 Å². The number of nitrogens with zero attached hydrogens (tertiary/aromatic N) is 7. The number of likely N-dealkylation sites (tertiary alicyclic amines) is 1. The fourth-order valence-electron chi connectivity index (χ4n) is 7.02. The predicted octanol–water partition coefficient (Wildman–Crippen LogP) is 3.22. The van der Waals surface area contributed by atoms with E-state index in [0.717, 1.165) is 70.9 Å². The molecule has 4 heterocycles. The summed E-state index contributed by atoms with van der Waals surface area (Å²) in [5.41, 5.74) is 3.11. The van der Waals surface area contributed by atoms with Gasteiger partial charge in [-0.25, -0.2) is 0 Å².